The number of hydrogen-bond donors (Lipinski definition) is 1. The molecule has 1 aromatic carbocycles. The fourth-order valence-corrected chi connectivity index (χ4v) is 5.91. The minimum absolute atomic E-state index is 0.157. The molecule has 0 amide bonds. The van der Waals surface area contributed by atoms with E-state index in [0.717, 1.165) is 36.8 Å². The zero-order valence-corrected chi connectivity index (χ0v) is 20.0. The molecule has 0 bridgehead atoms. The summed E-state index contributed by atoms with van der Waals surface area (Å²) in [5.41, 5.74) is 4.91. The fraction of sp³-hybridized carbons (Fsp3) is 0.630. The van der Waals surface area contributed by atoms with Gasteiger partial charge in [-0.3, -0.25) is 9.59 Å². The second-order valence-electron chi connectivity index (χ2n) is 10.6. The molecule has 170 valence electrons. The Morgan fingerprint density at radius 2 is 1.84 bits per heavy atom. The van der Waals surface area contributed by atoms with Gasteiger partial charge in [0.25, 0.3) is 0 Å². The summed E-state index contributed by atoms with van der Waals surface area (Å²) >= 11 is 0. The topological polar surface area (TPSA) is 63.6 Å². The average molecular weight is 427 g/mol. The van der Waals surface area contributed by atoms with Gasteiger partial charge < -0.3 is 9.84 Å². The Morgan fingerprint density at radius 3 is 2.32 bits per heavy atom. The van der Waals surface area contributed by atoms with E-state index in [1.807, 2.05) is 20.8 Å². The van der Waals surface area contributed by atoms with Crippen LogP contribution < -0.4 is 0 Å². The van der Waals surface area contributed by atoms with Gasteiger partial charge in [-0.1, -0.05) is 58.4 Å². The fourth-order valence-electron chi connectivity index (χ4n) is 5.91. The first-order chi connectivity index (χ1) is 14.5. The highest BCUT2D eigenvalue weighted by Gasteiger charge is 2.52. The molecular weight excluding hydrogens is 388 g/mol. The number of carboxylic acids is 1. The molecule has 0 radical (unpaired) electrons. The molecule has 4 heteroatoms. The molecule has 3 atom stereocenters. The highest BCUT2D eigenvalue weighted by Crippen LogP contribution is 2.53. The van der Waals surface area contributed by atoms with E-state index in [0.29, 0.717) is 19.6 Å². The predicted octanol–water partition coefficient (Wildman–Crippen LogP) is 5.64. The smallest absolute Gasteiger partial charge is 0.307 e. The first-order valence-corrected chi connectivity index (χ1v) is 11.7. The molecule has 1 fully saturated rings. The molecule has 4 nitrogen and oxygen atoms in total. The van der Waals surface area contributed by atoms with E-state index >= 15 is 0 Å². The Hall–Kier alpha value is -1.94. The molecule has 1 spiro atoms. The van der Waals surface area contributed by atoms with Crippen molar-refractivity contribution in [2.24, 2.45) is 22.7 Å². The van der Waals surface area contributed by atoms with Crippen LogP contribution in [0.1, 0.15) is 76.1 Å². The summed E-state index contributed by atoms with van der Waals surface area (Å²) in [5.74, 6) is -1.35. The number of Topliss-reactive ketones (excluding diaryl/α,β-unsaturated/α-hetero) is 1. The Bertz CT molecular complexity index is 864. The Morgan fingerprint density at radius 1 is 1.23 bits per heavy atom. The van der Waals surface area contributed by atoms with Crippen LogP contribution >= 0.6 is 0 Å². The molecule has 31 heavy (non-hydrogen) atoms. The van der Waals surface area contributed by atoms with Crippen molar-refractivity contribution in [3.05, 3.63) is 40.5 Å². The van der Waals surface area contributed by atoms with Gasteiger partial charge in [0.05, 0.1) is 12.5 Å². The largest absolute Gasteiger partial charge is 0.481 e. The van der Waals surface area contributed by atoms with Crippen molar-refractivity contribution in [2.75, 3.05) is 13.2 Å². The zero-order chi connectivity index (χ0) is 23.0. The summed E-state index contributed by atoms with van der Waals surface area (Å²) in [6.45, 7) is 13.3. The number of ether oxygens (including phenoxy) is 1. The number of benzene rings is 1. The quantitative estimate of drug-likeness (QED) is 0.662. The summed E-state index contributed by atoms with van der Waals surface area (Å²) in [7, 11) is 0. The lowest BCUT2D eigenvalue weighted by Gasteiger charge is -2.50. The summed E-state index contributed by atoms with van der Waals surface area (Å²) in [6, 6.07) is 4.40. The lowest BCUT2D eigenvalue weighted by atomic mass is 9.56. The van der Waals surface area contributed by atoms with Gasteiger partial charge in [-0.25, -0.2) is 0 Å². The number of carbonyl (C=O) groups is 2. The van der Waals surface area contributed by atoms with Gasteiger partial charge >= 0.3 is 5.97 Å². The molecule has 1 aliphatic carbocycles. The number of aryl methyl sites for hydroxylation is 3. The van der Waals surface area contributed by atoms with Crippen molar-refractivity contribution in [2.45, 2.75) is 73.6 Å². The van der Waals surface area contributed by atoms with Crippen LogP contribution in [-0.2, 0) is 27.2 Å². The highest BCUT2D eigenvalue weighted by atomic mass is 16.5. The van der Waals surface area contributed by atoms with E-state index in [2.05, 4.69) is 39.0 Å². The third-order valence-electron chi connectivity index (χ3n) is 7.43. The summed E-state index contributed by atoms with van der Waals surface area (Å²) in [4.78, 5) is 25.9. The first kappa shape index (κ1) is 23.7. The lowest BCUT2D eigenvalue weighted by molar-refractivity contribution is -0.161. The van der Waals surface area contributed by atoms with Crippen molar-refractivity contribution in [3.63, 3.8) is 0 Å². The monoisotopic (exact) mass is 426 g/mol. The van der Waals surface area contributed by atoms with Crippen LogP contribution in [0.3, 0.4) is 0 Å². The van der Waals surface area contributed by atoms with Gasteiger partial charge in [-0.2, -0.15) is 0 Å². The second kappa shape index (κ2) is 8.90. The van der Waals surface area contributed by atoms with E-state index in [9.17, 15) is 14.7 Å². The first-order valence-electron chi connectivity index (χ1n) is 11.7. The van der Waals surface area contributed by atoms with Crippen molar-refractivity contribution in [3.8, 4) is 0 Å². The molecule has 3 unspecified atom stereocenters. The average Bonchev–Trinajstić information content (AvgIpc) is 2.68. The van der Waals surface area contributed by atoms with E-state index in [-0.39, 0.29) is 17.1 Å². The van der Waals surface area contributed by atoms with Crippen molar-refractivity contribution >= 4 is 17.3 Å². The molecule has 3 rings (SSSR count). The summed E-state index contributed by atoms with van der Waals surface area (Å²) < 4.78 is 5.77. The Balaban J connectivity index is 2.06. The van der Waals surface area contributed by atoms with E-state index in [1.54, 1.807) is 0 Å². The van der Waals surface area contributed by atoms with Crippen LogP contribution in [0.2, 0.25) is 0 Å². The van der Waals surface area contributed by atoms with Crippen LogP contribution in [0, 0.1) is 29.6 Å². The van der Waals surface area contributed by atoms with Crippen LogP contribution in [0.25, 0.3) is 5.57 Å². The minimum Gasteiger partial charge on any atom is -0.481 e. The predicted molar refractivity (Wildman–Crippen MR) is 124 cm³/mol. The molecule has 1 aromatic rings. The number of ketones is 1. The molecule has 1 heterocycles. The zero-order valence-electron chi connectivity index (χ0n) is 20.0. The van der Waals surface area contributed by atoms with Crippen LogP contribution in [0.15, 0.2) is 18.2 Å². The number of rotatable bonds is 5. The number of carbonyl (C=O) groups excluding carboxylic acids is 1. The normalized spacial score (nSPS) is 25.4. The molecule has 1 N–H and O–H groups in total. The van der Waals surface area contributed by atoms with Gasteiger partial charge in [0.2, 0.25) is 0 Å². The van der Waals surface area contributed by atoms with Crippen LogP contribution in [0.5, 0.6) is 0 Å². The van der Waals surface area contributed by atoms with E-state index in [4.69, 9.17) is 4.74 Å². The van der Waals surface area contributed by atoms with Gasteiger partial charge in [-0.15, -0.1) is 0 Å². The lowest BCUT2D eigenvalue weighted by Crippen LogP contribution is -2.51. The van der Waals surface area contributed by atoms with Crippen LogP contribution in [-0.4, -0.2) is 30.1 Å². The Kier molecular flexibility index (Phi) is 6.81. The van der Waals surface area contributed by atoms with E-state index < -0.39 is 17.3 Å². The number of allylic oxidation sites excluding steroid dienone is 2. The number of carboxylic acid groups (broad SMARTS) is 1. The van der Waals surface area contributed by atoms with Gasteiger partial charge in [-0.05, 0) is 60.1 Å². The molecule has 2 aliphatic rings. The maximum atomic E-state index is 13.6. The number of hydrogen-bond acceptors (Lipinski definition) is 3. The maximum Gasteiger partial charge on any atom is 0.307 e. The van der Waals surface area contributed by atoms with Gasteiger partial charge in [0.1, 0.15) is 0 Å². The standard InChI is InChI=1S/C27H38O4/c1-7-18-13-17(3)14-19(8-2)23(18)20-9-10-27(15-22(20)28)11-12-31-16-21(27)24(25(29)30)26(4,5)6/h9,13-14,21,24H,7-8,10-12,15-16H2,1-6H3,(H,29,30). The SMILES string of the molecule is CCc1cc(C)cc(CC)c1C1=CCC2(CCOCC2C(C(=O)O)C(C)(C)C)CC1=O. The molecule has 0 aromatic heterocycles. The van der Waals surface area contributed by atoms with Crippen molar-refractivity contribution < 1.29 is 19.4 Å². The van der Waals surface area contributed by atoms with E-state index in [1.165, 1.54) is 16.7 Å². The third-order valence-corrected chi connectivity index (χ3v) is 7.43. The van der Waals surface area contributed by atoms with Crippen molar-refractivity contribution in [1.29, 1.82) is 0 Å². The summed E-state index contributed by atoms with van der Waals surface area (Å²) in [5, 5.41) is 10.1. The Labute approximate surface area is 187 Å². The molecule has 1 saturated heterocycles. The maximum absolute atomic E-state index is 13.6. The molecule has 1 aliphatic heterocycles. The number of aliphatic carboxylic acids is 1. The minimum atomic E-state index is -0.787. The van der Waals surface area contributed by atoms with Crippen molar-refractivity contribution in [1.82, 2.24) is 0 Å². The second-order valence-corrected chi connectivity index (χ2v) is 10.6. The van der Waals surface area contributed by atoms with Gasteiger partial charge in [0.15, 0.2) is 5.78 Å². The molecule has 0 saturated carbocycles. The third kappa shape index (κ3) is 4.50. The molecular formula is C27H38O4. The summed E-state index contributed by atoms with van der Waals surface area (Å²) in [6.07, 6.45) is 5.79. The highest BCUT2D eigenvalue weighted by molar-refractivity contribution is 6.22. The van der Waals surface area contributed by atoms with Gasteiger partial charge in [0, 0.05) is 24.5 Å². The van der Waals surface area contributed by atoms with Crippen LogP contribution in [0.4, 0.5) is 0 Å².